The summed E-state index contributed by atoms with van der Waals surface area (Å²) in [6.45, 7) is 7.18. The molecule has 0 fully saturated rings. The van der Waals surface area contributed by atoms with Gasteiger partial charge in [-0.3, -0.25) is 4.99 Å². The van der Waals surface area contributed by atoms with E-state index < -0.39 is 0 Å². The van der Waals surface area contributed by atoms with E-state index in [1.807, 2.05) is 20.8 Å². The SMILES string of the molecule is CN=C(NCCc1ccc(F)cc1)NCc1noc(C(C)(C)C)n1.I. The van der Waals surface area contributed by atoms with E-state index in [0.29, 0.717) is 30.8 Å². The fraction of sp³-hybridized carbons (Fsp3) is 0.471. The largest absolute Gasteiger partial charge is 0.356 e. The summed E-state index contributed by atoms with van der Waals surface area (Å²) in [5.74, 6) is 1.62. The number of hydrogen-bond acceptors (Lipinski definition) is 4. The molecular weight excluding hydrogens is 436 g/mol. The Labute approximate surface area is 164 Å². The van der Waals surface area contributed by atoms with Crippen LogP contribution in [0.3, 0.4) is 0 Å². The van der Waals surface area contributed by atoms with Gasteiger partial charge < -0.3 is 15.2 Å². The van der Waals surface area contributed by atoms with E-state index in [0.717, 1.165) is 12.0 Å². The molecular formula is C17H25FIN5O. The van der Waals surface area contributed by atoms with E-state index in [-0.39, 0.29) is 35.2 Å². The van der Waals surface area contributed by atoms with E-state index in [1.54, 1.807) is 19.2 Å². The van der Waals surface area contributed by atoms with Crippen LogP contribution in [0.25, 0.3) is 0 Å². The van der Waals surface area contributed by atoms with Crippen LogP contribution in [0, 0.1) is 5.82 Å². The second kappa shape index (κ2) is 9.69. The molecule has 25 heavy (non-hydrogen) atoms. The predicted molar refractivity (Wildman–Crippen MR) is 107 cm³/mol. The van der Waals surface area contributed by atoms with Crippen LogP contribution in [-0.2, 0) is 18.4 Å². The van der Waals surface area contributed by atoms with E-state index in [9.17, 15) is 4.39 Å². The first-order valence-corrected chi connectivity index (χ1v) is 7.90. The average Bonchev–Trinajstić information content (AvgIpc) is 3.01. The maximum absolute atomic E-state index is 12.9. The number of benzene rings is 1. The number of nitrogens with one attached hydrogen (secondary N) is 2. The monoisotopic (exact) mass is 461 g/mol. The summed E-state index contributed by atoms with van der Waals surface area (Å²) in [4.78, 5) is 8.52. The summed E-state index contributed by atoms with van der Waals surface area (Å²) in [7, 11) is 1.70. The normalized spacial score (nSPS) is 11.8. The standard InChI is InChI=1S/C17H24FN5O.HI/c1-17(2,3)15-22-14(23-24-15)11-21-16(19-4)20-10-9-12-5-7-13(18)8-6-12;/h5-8H,9-11H2,1-4H3,(H2,19,20,21);1H. The Bertz CT molecular complexity index is 679. The van der Waals surface area contributed by atoms with Crippen molar-refractivity contribution < 1.29 is 8.91 Å². The minimum atomic E-state index is -0.223. The average molecular weight is 461 g/mol. The second-order valence-electron chi connectivity index (χ2n) is 6.49. The Balaban J connectivity index is 0.00000312. The molecule has 0 amide bonds. The first-order valence-electron chi connectivity index (χ1n) is 7.90. The van der Waals surface area contributed by atoms with Crippen molar-refractivity contribution in [2.24, 2.45) is 4.99 Å². The molecule has 2 N–H and O–H groups in total. The minimum absolute atomic E-state index is 0. The Morgan fingerprint density at radius 2 is 1.88 bits per heavy atom. The molecule has 0 atom stereocenters. The molecule has 0 spiro atoms. The molecule has 0 bridgehead atoms. The fourth-order valence-electron chi connectivity index (χ4n) is 1.99. The van der Waals surface area contributed by atoms with Crippen LogP contribution in [-0.4, -0.2) is 29.7 Å². The Morgan fingerprint density at radius 3 is 2.44 bits per heavy atom. The zero-order valence-electron chi connectivity index (χ0n) is 15.0. The highest BCUT2D eigenvalue weighted by atomic mass is 127. The minimum Gasteiger partial charge on any atom is -0.356 e. The van der Waals surface area contributed by atoms with E-state index in [4.69, 9.17) is 4.52 Å². The van der Waals surface area contributed by atoms with Gasteiger partial charge in [-0.1, -0.05) is 38.1 Å². The maximum atomic E-state index is 12.9. The lowest BCUT2D eigenvalue weighted by Gasteiger charge is -2.11. The van der Waals surface area contributed by atoms with Gasteiger partial charge in [0.25, 0.3) is 0 Å². The highest BCUT2D eigenvalue weighted by Crippen LogP contribution is 2.19. The lowest BCUT2D eigenvalue weighted by Crippen LogP contribution is -2.38. The zero-order chi connectivity index (χ0) is 17.6. The highest BCUT2D eigenvalue weighted by Gasteiger charge is 2.21. The van der Waals surface area contributed by atoms with Crippen molar-refractivity contribution in [2.75, 3.05) is 13.6 Å². The number of halogens is 2. The number of guanidine groups is 1. The number of aliphatic imine (C=N–C) groups is 1. The third kappa shape index (κ3) is 6.97. The number of nitrogens with zero attached hydrogens (tertiary/aromatic N) is 3. The zero-order valence-corrected chi connectivity index (χ0v) is 17.3. The van der Waals surface area contributed by atoms with Crippen LogP contribution in [0.15, 0.2) is 33.8 Å². The topological polar surface area (TPSA) is 75.3 Å². The van der Waals surface area contributed by atoms with Crippen molar-refractivity contribution in [3.8, 4) is 0 Å². The molecule has 0 aliphatic rings. The first kappa shape index (κ1) is 21.3. The Hall–Kier alpha value is -1.71. The molecule has 1 heterocycles. The molecule has 0 aliphatic heterocycles. The van der Waals surface area contributed by atoms with E-state index in [1.165, 1.54) is 12.1 Å². The lowest BCUT2D eigenvalue weighted by atomic mass is 9.97. The quantitative estimate of drug-likeness (QED) is 0.407. The summed E-state index contributed by atoms with van der Waals surface area (Å²) in [6, 6.07) is 6.48. The van der Waals surface area contributed by atoms with Gasteiger partial charge in [-0.2, -0.15) is 4.98 Å². The summed E-state index contributed by atoms with van der Waals surface area (Å²) < 4.78 is 18.1. The lowest BCUT2D eigenvalue weighted by molar-refractivity contribution is 0.318. The van der Waals surface area contributed by atoms with Gasteiger partial charge in [0.15, 0.2) is 11.8 Å². The van der Waals surface area contributed by atoms with Gasteiger partial charge in [0.2, 0.25) is 5.89 Å². The first-order chi connectivity index (χ1) is 11.4. The van der Waals surface area contributed by atoms with Crippen LogP contribution in [0.2, 0.25) is 0 Å². The Morgan fingerprint density at radius 1 is 1.20 bits per heavy atom. The van der Waals surface area contributed by atoms with Gasteiger partial charge in [0.05, 0.1) is 6.54 Å². The molecule has 8 heteroatoms. The number of aromatic nitrogens is 2. The molecule has 1 aromatic heterocycles. The second-order valence-corrected chi connectivity index (χ2v) is 6.49. The van der Waals surface area contributed by atoms with Crippen molar-refractivity contribution >= 4 is 29.9 Å². The molecule has 0 radical (unpaired) electrons. The van der Waals surface area contributed by atoms with Crippen molar-refractivity contribution in [3.05, 3.63) is 47.4 Å². The predicted octanol–water partition coefficient (Wildman–Crippen LogP) is 3.03. The van der Waals surface area contributed by atoms with Gasteiger partial charge in [-0.05, 0) is 24.1 Å². The van der Waals surface area contributed by atoms with Crippen LogP contribution in [0.1, 0.15) is 38.0 Å². The maximum Gasteiger partial charge on any atom is 0.232 e. The summed E-state index contributed by atoms with van der Waals surface area (Å²) in [5.41, 5.74) is 0.896. The van der Waals surface area contributed by atoms with Crippen LogP contribution in [0.4, 0.5) is 4.39 Å². The molecule has 0 saturated heterocycles. The van der Waals surface area contributed by atoms with Gasteiger partial charge >= 0.3 is 0 Å². The van der Waals surface area contributed by atoms with Gasteiger partial charge in [0, 0.05) is 19.0 Å². The van der Waals surface area contributed by atoms with Crippen LogP contribution >= 0.6 is 24.0 Å². The van der Waals surface area contributed by atoms with Crippen LogP contribution in [0.5, 0.6) is 0 Å². The third-order valence-electron chi connectivity index (χ3n) is 3.37. The third-order valence-corrected chi connectivity index (χ3v) is 3.37. The molecule has 1 aromatic carbocycles. The number of rotatable bonds is 5. The smallest absolute Gasteiger partial charge is 0.232 e. The molecule has 2 rings (SSSR count). The van der Waals surface area contributed by atoms with E-state index in [2.05, 4.69) is 25.8 Å². The summed E-state index contributed by atoms with van der Waals surface area (Å²) in [6.07, 6.45) is 0.775. The Kier molecular flexibility index (Phi) is 8.27. The molecule has 0 unspecified atom stereocenters. The molecule has 6 nitrogen and oxygen atoms in total. The highest BCUT2D eigenvalue weighted by molar-refractivity contribution is 14.0. The molecule has 138 valence electrons. The van der Waals surface area contributed by atoms with Crippen LogP contribution < -0.4 is 10.6 Å². The summed E-state index contributed by atoms with van der Waals surface area (Å²) in [5, 5.41) is 10.3. The van der Waals surface area contributed by atoms with Gasteiger partial charge in [0.1, 0.15) is 5.82 Å². The number of hydrogen-bond donors (Lipinski definition) is 2. The molecule has 0 aliphatic carbocycles. The summed E-state index contributed by atoms with van der Waals surface area (Å²) >= 11 is 0. The van der Waals surface area contributed by atoms with Crippen molar-refractivity contribution in [2.45, 2.75) is 39.2 Å². The van der Waals surface area contributed by atoms with E-state index >= 15 is 0 Å². The van der Waals surface area contributed by atoms with Crippen molar-refractivity contribution in [1.29, 1.82) is 0 Å². The van der Waals surface area contributed by atoms with Crippen molar-refractivity contribution in [1.82, 2.24) is 20.8 Å². The van der Waals surface area contributed by atoms with Crippen molar-refractivity contribution in [3.63, 3.8) is 0 Å². The molecule has 0 saturated carbocycles. The van der Waals surface area contributed by atoms with Gasteiger partial charge in [-0.15, -0.1) is 24.0 Å². The fourth-order valence-corrected chi connectivity index (χ4v) is 1.99. The van der Waals surface area contributed by atoms with Gasteiger partial charge in [-0.25, -0.2) is 4.39 Å². The molecule has 2 aromatic rings.